The average molecular weight is 221 g/mol. The molecule has 1 saturated heterocycles. The van der Waals surface area contributed by atoms with E-state index in [4.69, 9.17) is 9.84 Å². The molecule has 0 radical (unpaired) electrons. The lowest BCUT2D eigenvalue weighted by Gasteiger charge is -2.22. The molecular formula is C12H15NO3. The lowest BCUT2D eigenvalue weighted by molar-refractivity contribution is 0.187. The number of carboxylic acid groups (broad SMARTS) is 1. The Morgan fingerprint density at radius 3 is 2.62 bits per heavy atom. The first-order valence-electron chi connectivity index (χ1n) is 5.34. The Labute approximate surface area is 94.2 Å². The molecule has 0 spiro atoms. The Morgan fingerprint density at radius 2 is 2.12 bits per heavy atom. The average Bonchev–Trinajstić information content (AvgIpc) is 3.03. The van der Waals surface area contributed by atoms with Crippen LogP contribution in [0.5, 0.6) is 0 Å². The van der Waals surface area contributed by atoms with Crippen LogP contribution in [0, 0.1) is 0 Å². The zero-order valence-electron chi connectivity index (χ0n) is 9.09. The molecule has 4 nitrogen and oxygen atoms in total. The molecular weight excluding hydrogens is 206 g/mol. The SMILES string of the molecule is CC(NC(=O)O)[C@@H](c1ccccc1)C1CO1. The van der Waals surface area contributed by atoms with Crippen molar-refractivity contribution >= 4 is 6.09 Å². The van der Waals surface area contributed by atoms with E-state index in [0.717, 1.165) is 5.56 Å². The Hall–Kier alpha value is -1.55. The fourth-order valence-electron chi connectivity index (χ4n) is 2.05. The minimum atomic E-state index is -0.992. The zero-order chi connectivity index (χ0) is 11.5. The molecule has 1 heterocycles. The Kier molecular flexibility index (Phi) is 3.10. The van der Waals surface area contributed by atoms with E-state index in [1.54, 1.807) is 0 Å². The highest BCUT2D eigenvalue weighted by molar-refractivity contribution is 5.65. The number of amides is 1. The van der Waals surface area contributed by atoms with Crippen LogP contribution >= 0.6 is 0 Å². The van der Waals surface area contributed by atoms with Crippen LogP contribution in [-0.4, -0.2) is 30.0 Å². The van der Waals surface area contributed by atoms with Crippen molar-refractivity contribution in [2.24, 2.45) is 0 Å². The lowest BCUT2D eigenvalue weighted by Crippen LogP contribution is -2.38. The summed E-state index contributed by atoms with van der Waals surface area (Å²) in [6.45, 7) is 2.58. The third-order valence-electron chi connectivity index (χ3n) is 2.83. The normalized spacial score (nSPS) is 22.2. The summed E-state index contributed by atoms with van der Waals surface area (Å²) in [5.74, 6) is 0.0947. The molecule has 0 saturated carbocycles. The van der Waals surface area contributed by atoms with Crippen molar-refractivity contribution in [2.75, 3.05) is 6.61 Å². The minimum Gasteiger partial charge on any atom is -0.465 e. The number of nitrogens with one attached hydrogen (secondary N) is 1. The largest absolute Gasteiger partial charge is 0.465 e. The van der Waals surface area contributed by atoms with Crippen LogP contribution in [0.4, 0.5) is 4.79 Å². The standard InChI is InChI=1S/C12H15NO3/c1-8(13-12(14)15)11(10-7-16-10)9-5-3-2-4-6-9/h2-6,8,10-11,13H,7H2,1H3,(H,14,15)/t8?,10?,11-/m0/s1. The van der Waals surface area contributed by atoms with Gasteiger partial charge in [-0.2, -0.15) is 0 Å². The minimum absolute atomic E-state index is 0.0947. The molecule has 0 bridgehead atoms. The van der Waals surface area contributed by atoms with Crippen LogP contribution in [0.1, 0.15) is 18.4 Å². The van der Waals surface area contributed by atoms with Gasteiger partial charge in [0.2, 0.25) is 0 Å². The van der Waals surface area contributed by atoms with Crippen molar-refractivity contribution in [2.45, 2.75) is 25.0 Å². The number of epoxide rings is 1. The summed E-state index contributed by atoms with van der Waals surface area (Å²) in [4.78, 5) is 10.6. The van der Waals surface area contributed by atoms with Crippen LogP contribution in [0.15, 0.2) is 30.3 Å². The van der Waals surface area contributed by atoms with Crippen LogP contribution in [0.3, 0.4) is 0 Å². The fourth-order valence-corrected chi connectivity index (χ4v) is 2.05. The van der Waals surface area contributed by atoms with Crippen molar-refractivity contribution in [3.05, 3.63) is 35.9 Å². The van der Waals surface area contributed by atoms with Crippen LogP contribution in [0.25, 0.3) is 0 Å². The van der Waals surface area contributed by atoms with Crippen molar-refractivity contribution in [1.29, 1.82) is 0 Å². The van der Waals surface area contributed by atoms with Crippen LogP contribution in [0.2, 0.25) is 0 Å². The highest BCUT2D eigenvalue weighted by Gasteiger charge is 2.37. The van der Waals surface area contributed by atoms with Crippen molar-refractivity contribution in [3.63, 3.8) is 0 Å². The topological polar surface area (TPSA) is 61.9 Å². The number of hydrogen-bond donors (Lipinski definition) is 2. The van der Waals surface area contributed by atoms with Crippen LogP contribution < -0.4 is 5.32 Å². The molecule has 86 valence electrons. The van der Waals surface area contributed by atoms with E-state index in [-0.39, 0.29) is 18.1 Å². The van der Waals surface area contributed by atoms with E-state index >= 15 is 0 Å². The quantitative estimate of drug-likeness (QED) is 0.762. The first kappa shape index (κ1) is 11.0. The molecule has 1 aliphatic heterocycles. The number of rotatable bonds is 4. The summed E-state index contributed by atoms with van der Waals surface area (Å²) in [5, 5.41) is 11.2. The molecule has 4 heteroatoms. The molecule has 1 fully saturated rings. The summed E-state index contributed by atoms with van der Waals surface area (Å²) in [6, 6.07) is 9.73. The van der Waals surface area contributed by atoms with Gasteiger partial charge >= 0.3 is 6.09 Å². The van der Waals surface area contributed by atoms with Gasteiger partial charge in [0.05, 0.1) is 12.7 Å². The molecule has 2 N–H and O–H groups in total. The second-order valence-electron chi connectivity index (χ2n) is 4.05. The lowest BCUT2D eigenvalue weighted by atomic mass is 9.89. The van der Waals surface area contributed by atoms with Crippen LogP contribution in [-0.2, 0) is 4.74 Å². The summed E-state index contributed by atoms with van der Waals surface area (Å²) in [6.07, 6.45) is -0.849. The van der Waals surface area contributed by atoms with E-state index < -0.39 is 6.09 Å². The van der Waals surface area contributed by atoms with E-state index in [1.165, 1.54) is 0 Å². The summed E-state index contributed by atoms with van der Waals surface area (Å²) < 4.78 is 5.29. The first-order chi connectivity index (χ1) is 7.68. The van der Waals surface area contributed by atoms with Gasteiger partial charge in [0.1, 0.15) is 0 Å². The summed E-state index contributed by atoms with van der Waals surface area (Å²) in [7, 11) is 0. The fraction of sp³-hybridized carbons (Fsp3) is 0.417. The first-order valence-corrected chi connectivity index (χ1v) is 5.34. The predicted octanol–water partition coefficient (Wildman–Crippen LogP) is 1.83. The second kappa shape index (κ2) is 4.53. The molecule has 0 aromatic heterocycles. The van der Waals surface area contributed by atoms with Gasteiger partial charge in [0.15, 0.2) is 0 Å². The Balaban J connectivity index is 2.14. The molecule has 2 unspecified atom stereocenters. The van der Waals surface area contributed by atoms with E-state index in [0.29, 0.717) is 6.61 Å². The second-order valence-corrected chi connectivity index (χ2v) is 4.05. The number of hydrogen-bond acceptors (Lipinski definition) is 2. The van der Waals surface area contributed by atoms with Crippen molar-refractivity contribution in [1.82, 2.24) is 5.32 Å². The maximum atomic E-state index is 10.6. The summed E-state index contributed by atoms with van der Waals surface area (Å²) in [5.41, 5.74) is 1.12. The molecule has 1 aromatic carbocycles. The molecule has 1 aromatic rings. The van der Waals surface area contributed by atoms with Gasteiger partial charge in [-0.1, -0.05) is 30.3 Å². The van der Waals surface area contributed by atoms with Crippen molar-refractivity contribution in [3.8, 4) is 0 Å². The van der Waals surface area contributed by atoms with Gasteiger partial charge in [-0.25, -0.2) is 4.79 Å². The highest BCUT2D eigenvalue weighted by atomic mass is 16.6. The maximum absolute atomic E-state index is 10.6. The van der Waals surface area contributed by atoms with Gasteiger partial charge in [-0.3, -0.25) is 0 Å². The molecule has 2 rings (SSSR count). The Bertz CT molecular complexity index is 362. The van der Waals surface area contributed by atoms with Gasteiger partial charge < -0.3 is 15.2 Å². The van der Waals surface area contributed by atoms with Crippen molar-refractivity contribution < 1.29 is 14.6 Å². The Morgan fingerprint density at radius 1 is 1.50 bits per heavy atom. The predicted molar refractivity (Wildman–Crippen MR) is 59.5 cm³/mol. The van der Waals surface area contributed by atoms with Gasteiger partial charge in [0, 0.05) is 12.0 Å². The molecule has 0 aliphatic carbocycles. The van der Waals surface area contributed by atoms with E-state index in [9.17, 15) is 4.79 Å². The third-order valence-corrected chi connectivity index (χ3v) is 2.83. The summed E-state index contributed by atoms with van der Waals surface area (Å²) >= 11 is 0. The number of benzene rings is 1. The third kappa shape index (κ3) is 2.52. The molecule has 3 atom stereocenters. The maximum Gasteiger partial charge on any atom is 0.404 e. The molecule has 1 amide bonds. The monoisotopic (exact) mass is 221 g/mol. The van der Waals surface area contributed by atoms with E-state index in [1.807, 2.05) is 37.3 Å². The van der Waals surface area contributed by atoms with E-state index in [2.05, 4.69) is 5.32 Å². The highest BCUT2D eigenvalue weighted by Crippen LogP contribution is 2.32. The van der Waals surface area contributed by atoms with Gasteiger partial charge in [-0.15, -0.1) is 0 Å². The smallest absolute Gasteiger partial charge is 0.404 e. The van der Waals surface area contributed by atoms with Gasteiger partial charge in [0.25, 0.3) is 0 Å². The van der Waals surface area contributed by atoms with Gasteiger partial charge in [-0.05, 0) is 12.5 Å². The number of carbonyl (C=O) groups is 1. The number of ether oxygens (including phenoxy) is 1. The molecule has 16 heavy (non-hydrogen) atoms. The molecule has 1 aliphatic rings. The zero-order valence-corrected chi connectivity index (χ0v) is 9.09.